The highest BCUT2D eigenvalue weighted by molar-refractivity contribution is 7.89. The zero-order valence-electron chi connectivity index (χ0n) is 13.7. The molecule has 0 aliphatic heterocycles. The fraction of sp³-hybridized carbons (Fsp3) is 0.176. The zero-order chi connectivity index (χ0) is 18.1. The van der Waals surface area contributed by atoms with Gasteiger partial charge in [-0.15, -0.1) is 0 Å². The third kappa shape index (κ3) is 3.10. The van der Waals surface area contributed by atoms with Crippen molar-refractivity contribution in [2.75, 3.05) is 13.7 Å². The van der Waals surface area contributed by atoms with E-state index in [1.165, 1.54) is 13.2 Å². The summed E-state index contributed by atoms with van der Waals surface area (Å²) >= 11 is 0.979. The first-order valence-corrected chi connectivity index (χ1v) is 10.0. The van der Waals surface area contributed by atoms with Crippen LogP contribution in [-0.4, -0.2) is 30.8 Å². The number of ether oxygens (including phenoxy) is 1. The lowest BCUT2D eigenvalue weighted by Gasteiger charge is -2.14. The highest BCUT2D eigenvalue weighted by atomic mass is 32.2. The molecule has 134 valence electrons. The van der Waals surface area contributed by atoms with Gasteiger partial charge in [0.15, 0.2) is 0 Å². The second-order valence-corrected chi connectivity index (χ2v) is 7.91. The number of nitrogens with one attached hydrogen (secondary N) is 1. The van der Waals surface area contributed by atoms with Crippen LogP contribution in [0.2, 0.25) is 0 Å². The molecule has 4 rings (SSSR count). The first-order valence-electron chi connectivity index (χ1n) is 7.81. The van der Waals surface area contributed by atoms with E-state index in [0.29, 0.717) is 16.8 Å². The van der Waals surface area contributed by atoms with Gasteiger partial charge < -0.3 is 9.15 Å². The van der Waals surface area contributed by atoms with E-state index >= 15 is 0 Å². The van der Waals surface area contributed by atoms with Crippen LogP contribution >= 0.6 is 11.7 Å². The third-order valence-electron chi connectivity index (χ3n) is 4.04. The molecule has 1 N–H and O–H groups in total. The Morgan fingerprint density at radius 1 is 1.19 bits per heavy atom. The highest BCUT2D eigenvalue weighted by Crippen LogP contribution is 2.26. The fourth-order valence-corrected chi connectivity index (χ4v) is 4.52. The van der Waals surface area contributed by atoms with Gasteiger partial charge in [0.05, 0.1) is 11.7 Å². The number of nitrogens with zero attached hydrogens (tertiary/aromatic N) is 2. The summed E-state index contributed by atoms with van der Waals surface area (Å²) in [5, 5.41) is 0.936. The van der Waals surface area contributed by atoms with Crippen molar-refractivity contribution in [3.63, 3.8) is 0 Å². The Morgan fingerprint density at radius 2 is 2.04 bits per heavy atom. The van der Waals surface area contributed by atoms with Crippen LogP contribution in [0.15, 0.2) is 57.8 Å². The summed E-state index contributed by atoms with van der Waals surface area (Å²) in [6, 6.07) is 14.3. The number of aromatic nitrogens is 2. The van der Waals surface area contributed by atoms with E-state index in [1.54, 1.807) is 12.1 Å². The third-order valence-corrected chi connectivity index (χ3v) is 6.04. The predicted molar refractivity (Wildman–Crippen MR) is 98.6 cm³/mol. The van der Waals surface area contributed by atoms with Crippen molar-refractivity contribution < 1.29 is 17.6 Å². The van der Waals surface area contributed by atoms with Gasteiger partial charge in [0.2, 0.25) is 10.0 Å². The average molecular weight is 389 g/mol. The van der Waals surface area contributed by atoms with Gasteiger partial charge in [-0.3, -0.25) is 0 Å². The lowest BCUT2D eigenvalue weighted by molar-refractivity contribution is 0.0893. The predicted octanol–water partition coefficient (Wildman–Crippen LogP) is 3.10. The first-order chi connectivity index (χ1) is 12.6. The Morgan fingerprint density at radius 3 is 2.85 bits per heavy atom. The van der Waals surface area contributed by atoms with Crippen molar-refractivity contribution in [1.82, 2.24) is 13.5 Å². The molecule has 0 fully saturated rings. The molecule has 0 aliphatic carbocycles. The summed E-state index contributed by atoms with van der Waals surface area (Å²) in [5.41, 5.74) is 1.65. The smallest absolute Gasteiger partial charge is 0.242 e. The maximum atomic E-state index is 12.7. The summed E-state index contributed by atoms with van der Waals surface area (Å²) in [5.74, 6) is 0.560. The molecule has 1 atom stereocenters. The van der Waals surface area contributed by atoms with E-state index in [1.807, 2.05) is 30.3 Å². The van der Waals surface area contributed by atoms with Crippen LogP contribution in [0.3, 0.4) is 0 Å². The number of methoxy groups -OCH3 is 1. The molecule has 2 aromatic carbocycles. The van der Waals surface area contributed by atoms with Gasteiger partial charge in [0.1, 0.15) is 33.4 Å². The Bertz CT molecular complexity index is 1130. The molecule has 9 heteroatoms. The molecular formula is C17H15N3O4S2. The number of hydrogen-bond donors (Lipinski definition) is 1. The molecule has 0 aliphatic rings. The largest absolute Gasteiger partial charge is 0.458 e. The molecule has 26 heavy (non-hydrogen) atoms. The van der Waals surface area contributed by atoms with Crippen LogP contribution in [-0.2, 0) is 14.8 Å². The summed E-state index contributed by atoms with van der Waals surface area (Å²) < 4.78 is 47.3. The molecule has 4 aromatic rings. The van der Waals surface area contributed by atoms with Crippen molar-refractivity contribution >= 4 is 43.8 Å². The molecule has 2 aromatic heterocycles. The van der Waals surface area contributed by atoms with Crippen molar-refractivity contribution in [2.24, 2.45) is 0 Å². The summed E-state index contributed by atoms with van der Waals surface area (Å²) in [7, 11) is -2.26. The van der Waals surface area contributed by atoms with Gasteiger partial charge in [-0.2, -0.15) is 8.75 Å². The van der Waals surface area contributed by atoms with Gasteiger partial charge in [0.25, 0.3) is 0 Å². The van der Waals surface area contributed by atoms with Crippen LogP contribution in [0.25, 0.3) is 22.0 Å². The molecular weight excluding hydrogens is 374 g/mol. The van der Waals surface area contributed by atoms with E-state index in [4.69, 9.17) is 9.15 Å². The molecule has 2 heterocycles. The Balaban J connectivity index is 1.59. The molecule has 0 amide bonds. The quantitative estimate of drug-likeness (QED) is 0.544. The van der Waals surface area contributed by atoms with Crippen molar-refractivity contribution in [3.8, 4) is 0 Å². The minimum atomic E-state index is -3.77. The molecule has 0 bridgehead atoms. The number of fused-ring (bicyclic) bond motifs is 2. The van der Waals surface area contributed by atoms with E-state index in [2.05, 4.69) is 13.5 Å². The molecule has 7 nitrogen and oxygen atoms in total. The molecule has 0 saturated heterocycles. The number of para-hydroxylation sites is 1. The fourth-order valence-electron chi connectivity index (χ4n) is 2.72. The summed E-state index contributed by atoms with van der Waals surface area (Å²) in [4.78, 5) is 0.100. The monoisotopic (exact) mass is 389 g/mol. The van der Waals surface area contributed by atoms with Crippen molar-refractivity contribution in [1.29, 1.82) is 0 Å². The minimum absolute atomic E-state index is 0.0343. The van der Waals surface area contributed by atoms with E-state index in [9.17, 15) is 8.42 Å². The maximum absolute atomic E-state index is 12.7. The number of sulfonamides is 1. The highest BCUT2D eigenvalue weighted by Gasteiger charge is 2.23. The van der Waals surface area contributed by atoms with Gasteiger partial charge in [0, 0.05) is 19.0 Å². The van der Waals surface area contributed by atoms with Crippen LogP contribution in [0, 0.1) is 0 Å². The number of hydrogen-bond acceptors (Lipinski definition) is 7. The normalized spacial score (nSPS) is 13.4. The van der Waals surface area contributed by atoms with Crippen molar-refractivity contribution in [2.45, 2.75) is 11.0 Å². The lowest BCUT2D eigenvalue weighted by atomic mass is 10.2. The van der Waals surface area contributed by atoms with Gasteiger partial charge in [-0.25, -0.2) is 13.1 Å². The summed E-state index contributed by atoms with van der Waals surface area (Å²) in [6.45, 7) is 0.0343. The topological polar surface area (TPSA) is 94.3 Å². The van der Waals surface area contributed by atoms with E-state index in [0.717, 1.165) is 22.7 Å². The van der Waals surface area contributed by atoms with Gasteiger partial charge >= 0.3 is 0 Å². The lowest BCUT2D eigenvalue weighted by Crippen LogP contribution is -2.29. The minimum Gasteiger partial charge on any atom is -0.458 e. The second-order valence-electron chi connectivity index (χ2n) is 5.65. The van der Waals surface area contributed by atoms with Crippen molar-refractivity contribution in [3.05, 3.63) is 54.3 Å². The SMILES string of the molecule is CO[C@@H](CNS(=O)(=O)c1cccc2nsnc12)c1cc2ccccc2o1. The van der Waals surface area contributed by atoms with Gasteiger partial charge in [-0.05, 0) is 24.3 Å². The average Bonchev–Trinajstić information content (AvgIpc) is 3.28. The molecule has 0 radical (unpaired) electrons. The van der Waals surface area contributed by atoms with Crippen LogP contribution < -0.4 is 4.72 Å². The Hall–Kier alpha value is -2.33. The van der Waals surface area contributed by atoms with Crippen LogP contribution in [0.1, 0.15) is 11.9 Å². The van der Waals surface area contributed by atoms with E-state index < -0.39 is 16.1 Å². The second kappa shape index (κ2) is 6.76. The number of benzene rings is 2. The maximum Gasteiger partial charge on any atom is 0.242 e. The molecule has 0 unspecified atom stereocenters. The van der Waals surface area contributed by atoms with E-state index in [-0.39, 0.29) is 11.4 Å². The van der Waals surface area contributed by atoms with Crippen LogP contribution in [0.5, 0.6) is 0 Å². The Kier molecular flexibility index (Phi) is 4.45. The first kappa shape index (κ1) is 17.1. The Labute approximate surface area is 154 Å². The molecule has 0 saturated carbocycles. The summed E-state index contributed by atoms with van der Waals surface area (Å²) in [6.07, 6.45) is -0.551. The zero-order valence-corrected chi connectivity index (χ0v) is 15.4. The number of rotatable bonds is 6. The molecule has 0 spiro atoms. The van der Waals surface area contributed by atoms with Gasteiger partial charge in [-0.1, -0.05) is 24.3 Å². The standard InChI is InChI=1S/C17H15N3O4S2/c1-23-15(14-9-11-5-2-3-7-13(11)24-14)10-18-26(21,22)16-8-4-6-12-17(16)20-25-19-12/h2-9,15,18H,10H2,1H3/t15-/m0/s1. The number of furan rings is 1. The van der Waals surface area contributed by atoms with Crippen LogP contribution in [0.4, 0.5) is 0 Å².